The number of nitrogens with zero attached hydrogens (tertiary/aromatic N) is 2. The average Bonchev–Trinajstić information content (AvgIpc) is 3.39. The summed E-state index contributed by atoms with van der Waals surface area (Å²) < 4.78 is 31.6. The first-order chi connectivity index (χ1) is 19.0. The summed E-state index contributed by atoms with van der Waals surface area (Å²) >= 11 is 0. The lowest BCUT2D eigenvalue weighted by atomic mass is 10.0. The number of rotatable bonds is 16. The van der Waals surface area contributed by atoms with Crippen molar-refractivity contribution in [1.82, 2.24) is 15.5 Å². The lowest BCUT2D eigenvalue weighted by molar-refractivity contribution is -0.140. The van der Waals surface area contributed by atoms with Gasteiger partial charge in [0.1, 0.15) is 12.3 Å². The second-order valence-electron chi connectivity index (χ2n) is 9.59. The predicted molar refractivity (Wildman–Crippen MR) is 153 cm³/mol. The van der Waals surface area contributed by atoms with Crippen LogP contribution in [0.1, 0.15) is 63.9 Å². The SMILES string of the molecule is CCCCCCN[C@H](Cc1ccccc1)C(=O)N1CCC[C@H]1C(=O)N[C@H](C=O)CCCN=C(N)N.O=S(=O)(O)O. The molecule has 0 spiro atoms. The van der Waals surface area contributed by atoms with Crippen molar-refractivity contribution < 1.29 is 31.9 Å². The fourth-order valence-electron chi connectivity index (χ4n) is 4.40. The van der Waals surface area contributed by atoms with E-state index in [-0.39, 0.29) is 17.8 Å². The highest BCUT2D eigenvalue weighted by atomic mass is 32.3. The van der Waals surface area contributed by atoms with Gasteiger partial charge in [-0.05, 0) is 50.6 Å². The molecule has 1 saturated heterocycles. The number of nitrogens with two attached hydrogens (primary N) is 2. The molecule has 3 atom stereocenters. The van der Waals surface area contributed by atoms with Crippen molar-refractivity contribution in [3.05, 3.63) is 35.9 Å². The zero-order chi connectivity index (χ0) is 30.0. The minimum atomic E-state index is -4.67. The summed E-state index contributed by atoms with van der Waals surface area (Å²) in [6.45, 7) is 3.86. The van der Waals surface area contributed by atoms with Crippen molar-refractivity contribution in [3.8, 4) is 0 Å². The molecule has 2 amide bonds. The minimum absolute atomic E-state index is 0.000767. The normalized spacial score (nSPS) is 16.3. The van der Waals surface area contributed by atoms with Crippen molar-refractivity contribution in [1.29, 1.82) is 0 Å². The van der Waals surface area contributed by atoms with Gasteiger partial charge in [-0.2, -0.15) is 8.42 Å². The maximum absolute atomic E-state index is 13.6. The van der Waals surface area contributed by atoms with Crippen LogP contribution in [0, 0.1) is 0 Å². The zero-order valence-electron chi connectivity index (χ0n) is 23.1. The van der Waals surface area contributed by atoms with Gasteiger partial charge in [-0.1, -0.05) is 56.5 Å². The molecular formula is C26H44N6O7S. The average molecular weight is 585 g/mol. The van der Waals surface area contributed by atoms with Crippen molar-refractivity contribution in [3.63, 3.8) is 0 Å². The Morgan fingerprint density at radius 3 is 2.42 bits per heavy atom. The Balaban J connectivity index is 0.00000146. The lowest BCUT2D eigenvalue weighted by Crippen LogP contribution is -2.54. The largest absolute Gasteiger partial charge is 0.394 e. The molecular weight excluding hydrogens is 540 g/mol. The van der Waals surface area contributed by atoms with Gasteiger partial charge in [-0.15, -0.1) is 0 Å². The van der Waals surface area contributed by atoms with E-state index in [4.69, 9.17) is 29.0 Å². The molecule has 14 heteroatoms. The smallest absolute Gasteiger partial charge is 0.370 e. The maximum atomic E-state index is 13.6. The van der Waals surface area contributed by atoms with Gasteiger partial charge in [-0.3, -0.25) is 23.7 Å². The fraction of sp³-hybridized carbons (Fsp3) is 0.615. The summed E-state index contributed by atoms with van der Waals surface area (Å²) in [7, 11) is -4.67. The Hall–Kier alpha value is -3.07. The summed E-state index contributed by atoms with van der Waals surface area (Å²) in [5, 5.41) is 6.25. The Labute approximate surface area is 236 Å². The van der Waals surface area contributed by atoms with Gasteiger partial charge in [0.15, 0.2) is 5.96 Å². The molecule has 0 unspecified atom stereocenters. The van der Waals surface area contributed by atoms with Crippen LogP contribution in [0.3, 0.4) is 0 Å². The van der Waals surface area contributed by atoms with Gasteiger partial charge >= 0.3 is 10.4 Å². The van der Waals surface area contributed by atoms with Gasteiger partial charge in [0.05, 0.1) is 12.1 Å². The van der Waals surface area contributed by atoms with Gasteiger partial charge in [-0.25, -0.2) is 0 Å². The van der Waals surface area contributed by atoms with Crippen LogP contribution in [-0.4, -0.2) is 84.2 Å². The highest BCUT2D eigenvalue weighted by molar-refractivity contribution is 7.79. The monoisotopic (exact) mass is 584 g/mol. The van der Waals surface area contributed by atoms with Crippen LogP contribution in [-0.2, 0) is 31.2 Å². The fourth-order valence-corrected chi connectivity index (χ4v) is 4.40. The number of unbranched alkanes of at least 4 members (excludes halogenated alkanes) is 3. The number of likely N-dealkylation sites (tertiary alicyclic amines) is 1. The van der Waals surface area contributed by atoms with Crippen LogP contribution in [0.4, 0.5) is 0 Å². The summed E-state index contributed by atoms with van der Waals surface area (Å²) in [6, 6.07) is 8.34. The van der Waals surface area contributed by atoms with Crippen molar-refractivity contribution in [2.24, 2.45) is 16.5 Å². The number of aliphatic imine (C=N–C) groups is 1. The number of hydrogen-bond donors (Lipinski definition) is 6. The van der Waals surface area contributed by atoms with Crippen molar-refractivity contribution in [2.45, 2.75) is 82.8 Å². The van der Waals surface area contributed by atoms with Gasteiger partial charge in [0.25, 0.3) is 0 Å². The molecule has 40 heavy (non-hydrogen) atoms. The van der Waals surface area contributed by atoms with Crippen LogP contribution >= 0.6 is 0 Å². The second kappa shape index (κ2) is 19.1. The van der Waals surface area contributed by atoms with E-state index in [1.165, 1.54) is 6.42 Å². The molecule has 0 aliphatic carbocycles. The highest BCUT2D eigenvalue weighted by Gasteiger charge is 2.37. The van der Waals surface area contributed by atoms with E-state index >= 15 is 0 Å². The van der Waals surface area contributed by atoms with Crippen LogP contribution in [0.25, 0.3) is 0 Å². The van der Waals surface area contributed by atoms with E-state index in [1.54, 1.807) is 4.90 Å². The first kappa shape index (κ1) is 35.0. The first-order valence-corrected chi connectivity index (χ1v) is 14.9. The topological polar surface area (TPSA) is 218 Å². The van der Waals surface area contributed by atoms with Gasteiger partial charge in [0, 0.05) is 13.1 Å². The van der Waals surface area contributed by atoms with E-state index in [2.05, 4.69) is 22.5 Å². The highest BCUT2D eigenvalue weighted by Crippen LogP contribution is 2.20. The van der Waals surface area contributed by atoms with Crippen LogP contribution in [0.5, 0.6) is 0 Å². The predicted octanol–water partition coefficient (Wildman–Crippen LogP) is 0.843. The van der Waals surface area contributed by atoms with Crippen molar-refractivity contribution >= 4 is 34.5 Å². The molecule has 8 N–H and O–H groups in total. The van der Waals surface area contributed by atoms with E-state index in [0.717, 1.165) is 44.1 Å². The number of guanidine groups is 1. The Morgan fingerprint density at radius 2 is 1.82 bits per heavy atom. The van der Waals surface area contributed by atoms with E-state index in [1.807, 2.05) is 30.3 Å². The van der Waals surface area contributed by atoms with Gasteiger partial charge < -0.3 is 31.8 Å². The van der Waals surface area contributed by atoms with E-state index in [0.29, 0.717) is 38.8 Å². The molecule has 1 aliphatic rings. The van der Waals surface area contributed by atoms with Crippen molar-refractivity contribution in [2.75, 3.05) is 19.6 Å². The Morgan fingerprint density at radius 1 is 1.15 bits per heavy atom. The number of hydrogen-bond acceptors (Lipinski definition) is 7. The molecule has 0 aromatic heterocycles. The number of carbonyl (C=O) groups is 3. The molecule has 1 aromatic rings. The standard InChI is InChI=1S/C26H42N6O3.H2O4S/c1-2-3-4-8-15-29-22(18-20-11-6-5-7-12-20)25(35)32-17-10-14-23(32)24(34)31-21(19-33)13-9-16-30-26(27)28;1-5(2,3)4/h5-7,11-12,19,21-23,29H,2-4,8-10,13-18H2,1H3,(H,31,34)(H4,27,28,30);(H2,1,2,3,4)/t21-,22+,23-;/m0./s1. The molecule has 0 saturated carbocycles. The first-order valence-electron chi connectivity index (χ1n) is 13.5. The third-order valence-electron chi connectivity index (χ3n) is 6.30. The number of aldehydes is 1. The van der Waals surface area contributed by atoms with Crippen LogP contribution in [0.15, 0.2) is 35.3 Å². The molecule has 0 bridgehead atoms. The molecule has 1 aliphatic heterocycles. The van der Waals surface area contributed by atoms with Crippen LogP contribution in [0.2, 0.25) is 0 Å². The minimum Gasteiger partial charge on any atom is -0.370 e. The number of nitrogens with one attached hydrogen (secondary N) is 2. The Bertz CT molecular complexity index is 1030. The molecule has 2 rings (SSSR count). The summed E-state index contributed by atoms with van der Waals surface area (Å²) in [5.41, 5.74) is 11.7. The second-order valence-corrected chi connectivity index (χ2v) is 10.5. The molecule has 13 nitrogen and oxygen atoms in total. The summed E-state index contributed by atoms with van der Waals surface area (Å²) in [4.78, 5) is 43.7. The van der Waals surface area contributed by atoms with Crippen LogP contribution < -0.4 is 22.1 Å². The lowest BCUT2D eigenvalue weighted by Gasteiger charge is -2.29. The molecule has 1 heterocycles. The number of benzene rings is 1. The number of amides is 2. The Kier molecular flexibility index (Phi) is 16.7. The third-order valence-corrected chi connectivity index (χ3v) is 6.30. The number of carbonyl (C=O) groups excluding carboxylic acids is 3. The van der Waals surface area contributed by atoms with E-state index in [9.17, 15) is 14.4 Å². The molecule has 1 aromatic carbocycles. The molecule has 226 valence electrons. The van der Waals surface area contributed by atoms with E-state index < -0.39 is 28.5 Å². The molecule has 0 radical (unpaired) electrons. The maximum Gasteiger partial charge on any atom is 0.394 e. The quantitative estimate of drug-likeness (QED) is 0.0529. The summed E-state index contributed by atoms with van der Waals surface area (Å²) in [5.74, 6) is -0.338. The summed E-state index contributed by atoms with van der Waals surface area (Å²) in [6.07, 6.45) is 8.12. The zero-order valence-corrected chi connectivity index (χ0v) is 23.9. The van der Waals surface area contributed by atoms with Gasteiger partial charge in [0.2, 0.25) is 11.8 Å². The molecule has 1 fully saturated rings. The third kappa shape index (κ3) is 15.5.